The lowest BCUT2D eigenvalue weighted by atomic mass is 10.9. The zero-order chi connectivity index (χ0) is 11.7. The van der Waals surface area contributed by atoms with Crippen molar-refractivity contribution >= 4 is 29.7 Å². The number of halogens is 1. The fourth-order valence-corrected chi connectivity index (χ4v) is 8.41. The predicted octanol–water partition coefficient (Wildman–Crippen LogP) is 1.82. The van der Waals surface area contributed by atoms with Crippen molar-refractivity contribution in [3.8, 4) is 0 Å². The first-order valence-corrected chi connectivity index (χ1v) is 10.4. The second kappa shape index (κ2) is 8.72. The van der Waals surface area contributed by atoms with E-state index in [2.05, 4.69) is 6.55 Å². The Morgan fingerprint density at radius 2 is 1.67 bits per heavy atom. The van der Waals surface area contributed by atoms with E-state index in [0.717, 1.165) is 18.9 Å². The van der Waals surface area contributed by atoms with Gasteiger partial charge in [0.25, 0.3) is 0 Å². The molecule has 0 aromatic heterocycles. The summed E-state index contributed by atoms with van der Waals surface area (Å²) in [6, 6.07) is 0. The van der Waals surface area contributed by atoms with Gasteiger partial charge in [0.1, 0.15) is 5.19 Å². The van der Waals surface area contributed by atoms with Gasteiger partial charge in [-0.1, -0.05) is 11.6 Å². The van der Waals surface area contributed by atoms with E-state index in [4.69, 9.17) is 25.2 Å². The molecule has 92 valence electrons. The molecule has 0 aliphatic heterocycles. The lowest BCUT2D eigenvalue weighted by Crippen LogP contribution is -2.41. The highest BCUT2D eigenvalue weighted by molar-refractivity contribution is 6.77. The quantitative estimate of drug-likeness (QED) is 0.473. The summed E-state index contributed by atoms with van der Waals surface area (Å²) in [5.41, 5.74) is 1.02. The molecular formula is C9H23ClO3Si2. The molecule has 1 unspecified atom stereocenters. The van der Waals surface area contributed by atoms with Crippen molar-refractivity contribution in [1.82, 2.24) is 0 Å². The van der Waals surface area contributed by atoms with Gasteiger partial charge in [0.2, 0.25) is 0 Å². The minimum Gasteiger partial charge on any atom is -0.395 e. The van der Waals surface area contributed by atoms with Crippen LogP contribution < -0.4 is 0 Å². The minimum atomic E-state index is -1.94. The largest absolute Gasteiger partial charge is 0.395 e. The van der Waals surface area contributed by atoms with Crippen LogP contribution in [0.2, 0.25) is 12.2 Å². The Labute approximate surface area is 102 Å². The molecule has 0 fully saturated rings. The van der Waals surface area contributed by atoms with E-state index in [1.54, 1.807) is 0 Å². The van der Waals surface area contributed by atoms with E-state index in [1.165, 1.54) is 0 Å². The first-order chi connectivity index (χ1) is 7.08. The maximum atomic E-state index is 6.04. The summed E-state index contributed by atoms with van der Waals surface area (Å²) in [6.07, 6.45) is 0. The minimum absolute atomic E-state index is 0.0808. The summed E-state index contributed by atoms with van der Waals surface area (Å²) >= 11 is 6.04. The maximum absolute atomic E-state index is 6.04. The predicted molar refractivity (Wildman–Crippen MR) is 69.5 cm³/mol. The molecule has 0 saturated heterocycles. The molecule has 0 rings (SSSR count). The van der Waals surface area contributed by atoms with E-state index in [9.17, 15) is 0 Å². The van der Waals surface area contributed by atoms with Crippen molar-refractivity contribution in [1.29, 1.82) is 0 Å². The lowest BCUT2D eigenvalue weighted by molar-refractivity contribution is 0.165. The average Bonchev–Trinajstić information content (AvgIpc) is 2.16. The Morgan fingerprint density at radius 3 is 2.07 bits per heavy atom. The van der Waals surface area contributed by atoms with Crippen molar-refractivity contribution < 1.29 is 13.6 Å². The molecule has 15 heavy (non-hydrogen) atoms. The molecule has 0 saturated carbocycles. The van der Waals surface area contributed by atoms with Gasteiger partial charge in [0, 0.05) is 19.8 Å². The highest BCUT2D eigenvalue weighted by Gasteiger charge is 2.31. The summed E-state index contributed by atoms with van der Waals surface area (Å²) in [7, 11) is -2.41. The monoisotopic (exact) mass is 270 g/mol. The second-order valence-corrected chi connectivity index (χ2v) is 10.6. The topological polar surface area (TPSA) is 27.7 Å². The highest BCUT2D eigenvalue weighted by atomic mass is 35.5. The number of hydrogen-bond donors (Lipinski definition) is 0. The molecular weight excluding hydrogens is 248 g/mol. The zero-order valence-corrected chi connectivity index (χ0v) is 13.4. The summed E-state index contributed by atoms with van der Waals surface area (Å²) in [6.45, 7) is 10.2. The Balaban J connectivity index is 3.93. The van der Waals surface area contributed by atoms with Gasteiger partial charge in [-0.2, -0.15) is 0 Å². The van der Waals surface area contributed by atoms with Crippen LogP contribution in [-0.4, -0.2) is 43.1 Å². The lowest BCUT2D eigenvalue weighted by Gasteiger charge is -2.26. The smallest absolute Gasteiger partial charge is 0.331 e. The third-order valence-corrected chi connectivity index (χ3v) is 10.1. The third kappa shape index (κ3) is 7.49. The molecule has 0 aliphatic rings. The van der Waals surface area contributed by atoms with E-state index in [-0.39, 0.29) is 5.19 Å². The first kappa shape index (κ1) is 15.6. The van der Waals surface area contributed by atoms with Crippen LogP contribution in [0.1, 0.15) is 20.8 Å². The van der Waals surface area contributed by atoms with Gasteiger partial charge in [0.05, 0.1) is 9.52 Å². The van der Waals surface area contributed by atoms with Crippen molar-refractivity contribution in [2.75, 3.05) is 19.8 Å². The molecule has 0 radical (unpaired) electrons. The van der Waals surface area contributed by atoms with Crippen LogP contribution in [0.3, 0.4) is 0 Å². The van der Waals surface area contributed by atoms with Gasteiger partial charge < -0.3 is 13.6 Å². The molecule has 0 spiro atoms. The fourth-order valence-electron chi connectivity index (χ4n) is 1.44. The molecule has 3 nitrogen and oxygen atoms in total. The zero-order valence-electron chi connectivity index (χ0n) is 10.2. The SMILES string of the molecule is CCOC(Cl)[SiH2]C[Si](C)(OCC)OCC. The number of ether oxygens (including phenoxy) is 1. The van der Waals surface area contributed by atoms with Gasteiger partial charge in [-0.3, -0.25) is 0 Å². The maximum Gasteiger partial charge on any atom is 0.331 e. The van der Waals surface area contributed by atoms with Gasteiger partial charge in [-0.05, 0) is 33.0 Å². The standard InChI is InChI=1S/C9H23ClO3Si2/c1-5-11-9(10)14-8-15(4,12-6-2)13-7-3/h9H,5-8,14H2,1-4H3. The molecule has 0 aromatic rings. The van der Waals surface area contributed by atoms with Crippen LogP contribution in [0.4, 0.5) is 0 Å². The second-order valence-electron chi connectivity index (χ2n) is 3.40. The molecule has 0 bridgehead atoms. The van der Waals surface area contributed by atoms with Crippen LogP contribution in [0, 0.1) is 0 Å². The van der Waals surface area contributed by atoms with Crippen molar-refractivity contribution in [3.63, 3.8) is 0 Å². The highest BCUT2D eigenvalue weighted by Crippen LogP contribution is 2.14. The van der Waals surface area contributed by atoms with Crippen LogP contribution >= 0.6 is 11.6 Å². The number of alkyl halides is 1. The Morgan fingerprint density at radius 1 is 1.13 bits per heavy atom. The number of hydrogen-bond acceptors (Lipinski definition) is 3. The molecule has 1 atom stereocenters. The third-order valence-electron chi connectivity index (χ3n) is 2.07. The Kier molecular flexibility index (Phi) is 9.07. The average molecular weight is 271 g/mol. The van der Waals surface area contributed by atoms with Gasteiger partial charge in [-0.25, -0.2) is 0 Å². The van der Waals surface area contributed by atoms with Gasteiger partial charge in [-0.15, -0.1) is 0 Å². The summed E-state index contributed by atoms with van der Waals surface area (Å²) in [4.78, 5) is 0. The molecule has 0 amide bonds. The summed E-state index contributed by atoms with van der Waals surface area (Å²) < 4.78 is 16.8. The van der Waals surface area contributed by atoms with Crippen molar-refractivity contribution in [3.05, 3.63) is 0 Å². The number of rotatable bonds is 9. The molecule has 0 heterocycles. The summed E-state index contributed by atoms with van der Waals surface area (Å²) in [5.74, 6) is 0. The Bertz CT molecular complexity index is 154. The van der Waals surface area contributed by atoms with E-state index in [0.29, 0.717) is 6.61 Å². The normalized spacial score (nSPS) is 15.0. The molecule has 0 aliphatic carbocycles. The molecule has 6 heteroatoms. The molecule has 0 aromatic carbocycles. The van der Waals surface area contributed by atoms with Crippen LogP contribution in [0.25, 0.3) is 0 Å². The van der Waals surface area contributed by atoms with E-state index < -0.39 is 18.1 Å². The van der Waals surface area contributed by atoms with Gasteiger partial charge in [0.15, 0.2) is 0 Å². The van der Waals surface area contributed by atoms with Crippen LogP contribution in [-0.2, 0) is 13.6 Å². The summed E-state index contributed by atoms with van der Waals surface area (Å²) in [5, 5.41) is -0.0808. The van der Waals surface area contributed by atoms with E-state index >= 15 is 0 Å². The van der Waals surface area contributed by atoms with E-state index in [1.807, 2.05) is 20.8 Å². The van der Waals surface area contributed by atoms with Crippen molar-refractivity contribution in [2.24, 2.45) is 0 Å². The molecule has 0 N–H and O–H groups in total. The fraction of sp³-hybridized carbons (Fsp3) is 1.00. The van der Waals surface area contributed by atoms with Crippen molar-refractivity contribution in [2.45, 2.75) is 38.2 Å². The Hall–Kier alpha value is 0.604. The van der Waals surface area contributed by atoms with Gasteiger partial charge >= 0.3 is 8.56 Å². The van der Waals surface area contributed by atoms with Crippen LogP contribution in [0.5, 0.6) is 0 Å². The first-order valence-electron chi connectivity index (χ1n) is 5.61. The van der Waals surface area contributed by atoms with Crippen LogP contribution in [0.15, 0.2) is 0 Å².